The van der Waals surface area contributed by atoms with Gasteiger partial charge in [0.25, 0.3) is 0 Å². The Hall–Kier alpha value is -2.50. The highest BCUT2D eigenvalue weighted by atomic mass is 19.1. The van der Waals surface area contributed by atoms with E-state index in [0.29, 0.717) is 5.95 Å². The van der Waals surface area contributed by atoms with Gasteiger partial charge in [-0.05, 0) is 62.4 Å². The fourth-order valence-corrected chi connectivity index (χ4v) is 4.06. The summed E-state index contributed by atoms with van der Waals surface area (Å²) < 4.78 is 19.1. The summed E-state index contributed by atoms with van der Waals surface area (Å²) in [5.41, 5.74) is 1.62. The number of ether oxygens (including phenoxy) is 1. The number of benzene rings is 1. The molecule has 1 unspecified atom stereocenters. The molecule has 1 aliphatic heterocycles. The molecule has 2 heterocycles. The third kappa shape index (κ3) is 6.74. The molecule has 1 saturated heterocycles. The van der Waals surface area contributed by atoms with Gasteiger partial charge in [0.05, 0.1) is 11.6 Å². The number of hydrogen-bond acceptors (Lipinski definition) is 5. The van der Waals surface area contributed by atoms with Crippen LogP contribution >= 0.6 is 0 Å². The smallest absolute Gasteiger partial charge is 0.309 e. The number of rotatable bonds is 10. The minimum absolute atomic E-state index is 0.0458. The largest absolute Gasteiger partial charge is 0.462 e. The molecule has 1 atom stereocenters. The number of nitrogens with zero attached hydrogens (tertiary/aromatic N) is 3. The Bertz CT molecular complexity index is 820. The maximum absolute atomic E-state index is 13.2. The van der Waals surface area contributed by atoms with E-state index in [4.69, 9.17) is 4.74 Å². The predicted molar refractivity (Wildman–Crippen MR) is 121 cm³/mol. The molecule has 0 bridgehead atoms. The van der Waals surface area contributed by atoms with Crippen molar-refractivity contribution in [3.05, 3.63) is 42.3 Å². The molecule has 31 heavy (non-hydrogen) atoms. The molecule has 1 aromatic heterocycles. The Morgan fingerprint density at radius 3 is 2.52 bits per heavy atom. The van der Waals surface area contributed by atoms with Crippen LogP contribution in [0.25, 0.3) is 11.3 Å². The molecule has 0 spiro atoms. The van der Waals surface area contributed by atoms with Crippen molar-refractivity contribution in [2.45, 2.75) is 71.3 Å². The topological polar surface area (TPSA) is 55.3 Å². The Balaban J connectivity index is 1.54. The molecule has 1 fully saturated rings. The Labute approximate surface area is 185 Å². The van der Waals surface area contributed by atoms with Crippen molar-refractivity contribution < 1.29 is 13.9 Å². The standard InChI is InChI=1S/C25H34FN3O2/c1-3-5-6-8-22(7-4-2)31-24(30)20-14-17-29(18-15-20)25-27-16-13-23(28-25)19-9-11-21(26)12-10-19/h9-13,16,20,22H,3-8,14-15,17-18H2,1-2H3. The zero-order valence-corrected chi connectivity index (χ0v) is 18.7. The summed E-state index contributed by atoms with van der Waals surface area (Å²) in [7, 11) is 0. The number of halogens is 1. The van der Waals surface area contributed by atoms with E-state index in [1.807, 2.05) is 6.07 Å². The van der Waals surface area contributed by atoms with Gasteiger partial charge in [-0.15, -0.1) is 0 Å². The first-order chi connectivity index (χ1) is 15.1. The van der Waals surface area contributed by atoms with E-state index in [9.17, 15) is 9.18 Å². The number of unbranched alkanes of at least 4 members (excludes halogenated alkanes) is 2. The molecule has 0 amide bonds. The summed E-state index contributed by atoms with van der Waals surface area (Å²) in [6.07, 6.45) is 9.70. The molecule has 3 rings (SSSR count). The monoisotopic (exact) mass is 427 g/mol. The van der Waals surface area contributed by atoms with E-state index in [0.717, 1.165) is 62.9 Å². The van der Waals surface area contributed by atoms with E-state index in [1.165, 1.54) is 25.0 Å². The number of piperidine rings is 1. The van der Waals surface area contributed by atoms with Gasteiger partial charge in [-0.1, -0.05) is 33.1 Å². The highest BCUT2D eigenvalue weighted by Gasteiger charge is 2.29. The lowest BCUT2D eigenvalue weighted by Gasteiger charge is -2.31. The van der Waals surface area contributed by atoms with Crippen molar-refractivity contribution >= 4 is 11.9 Å². The van der Waals surface area contributed by atoms with Gasteiger partial charge in [-0.2, -0.15) is 0 Å². The van der Waals surface area contributed by atoms with Crippen LogP contribution in [0.1, 0.15) is 65.2 Å². The highest BCUT2D eigenvalue weighted by molar-refractivity contribution is 5.73. The van der Waals surface area contributed by atoms with Crippen LogP contribution in [0.4, 0.5) is 10.3 Å². The minimum Gasteiger partial charge on any atom is -0.462 e. The van der Waals surface area contributed by atoms with Crippen molar-refractivity contribution in [3.8, 4) is 11.3 Å². The van der Waals surface area contributed by atoms with Gasteiger partial charge in [-0.25, -0.2) is 14.4 Å². The maximum Gasteiger partial charge on any atom is 0.309 e. The number of aromatic nitrogens is 2. The van der Waals surface area contributed by atoms with E-state index in [-0.39, 0.29) is 23.8 Å². The first kappa shape index (κ1) is 23.2. The van der Waals surface area contributed by atoms with E-state index < -0.39 is 0 Å². The van der Waals surface area contributed by atoms with Crippen LogP contribution in [0.3, 0.4) is 0 Å². The molecule has 168 valence electrons. The highest BCUT2D eigenvalue weighted by Crippen LogP contribution is 2.25. The van der Waals surface area contributed by atoms with Gasteiger partial charge in [0.15, 0.2) is 0 Å². The van der Waals surface area contributed by atoms with Gasteiger partial charge in [0.1, 0.15) is 11.9 Å². The van der Waals surface area contributed by atoms with Crippen LogP contribution in [0.5, 0.6) is 0 Å². The van der Waals surface area contributed by atoms with Crippen LogP contribution in [0, 0.1) is 11.7 Å². The van der Waals surface area contributed by atoms with E-state index in [1.54, 1.807) is 18.3 Å². The van der Waals surface area contributed by atoms with Crippen molar-refractivity contribution in [1.82, 2.24) is 9.97 Å². The Morgan fingerprint density at radius 1 is 1.10 bits per heavy atom. The Kier molecular flexibility index (Phi) is 8.80. The van der Waals surface area contributed by atoms with Gasteiger partial charge >= 0.3 is 5.97 Å². The van der Waals surface area contributed by atoms with E-state index in [2.05, 4.69) is 28.7 Å². The van der Waals surface area contributed by atoms with Gasteiger partial charge in [0.2, 0.25) is 5.95 Å². The molecule has 1 aliphatic rings. The summed E-state index contributed by atoms with van der Waals surface area (Å²) in [4.78, 5) is 23.9. The molecule has 2 aromatic rings. The average Bonchev–Trinajstić information content (AvgIpc) is 2.80. The third-order valence-corrected chi connectivity index (χ3v) is 5.92. The molecule has 5 nitrogen and oxygen atoms in total. The molecular weight excluding hydrogens is 393 g/mol. The third-order valence-electron chi connectivity index (χ3n) is 5.92. The summed E-state index contributed by atoms with van der Waals surface area (Å²) >= 11 is 0. The number of hydrogen-bond donors (Lipinski definition) is 0. The van der Waals surface area contributed by atoms with Crippen LogP contribution in [0.2, 0.25) is 0 Å². The zero-order valence-electron chi connectivity index (χ0n) is 18.7. The fraction of sp³-hybridized carbons (Fsp3) is 0.560. The second-order valence-electron chi connectivity index (χ2n) is 8.35. The maximum atomic E-state index is 13.2. The number of esters is 1. The lowest BCUT2D eigenvalue weighted by Crippen LogP contribution is -2.38. The van der Waals surface area contributed by atoms with Crippen LogP contribution in [-0.2, 0) is 9.53 Å². The summed E-state index contributed by atoms with van der Waals surface area (Å²) in [6, 6.07) is 8.13. The molecule has 0 aliphatic carbocycles. The normalized spacial score (nSPS) is 15.6. The van der Waals surface area contributed by atoms with Gasteiger partial charge in [-0.3, -0.25) is 4.79 Å². The van der Waals surface area contributed by atoms with Crippen molar-refractivity contribution in [2.75, 3.05) is 18.0 Å². The molecule has 1 aromatic carbocycles. The van der Waals surface area contributed by atoms with Crippen LogP contribution in [-0.4, -0.2) is 35.1 Å². The number of anilines is 1. The second-order valence-corrected chi connectivity index (χ2v) is 8.35. The zero-order chi connectivity index (χ0) is 22.1. The van der Waals surface area contributed by atoms with Crippen LogP contribution in [0.15, 0.2) is 36.5 Å². The lowest BCUT2D eigenvalue weighted by molar-refractivity contribution is -0.155. The fourth-order valence-electron chi connectivity index (χ4n) is 4.06. The van der Waals surface area contributed by atoms with Crippen molar-refractivity contribution in [2.24, 2.45) is 5.92 Å². The molecule has 0 N–H and O–H groups in total. The molecule has 0 saturated carbocycles. The number of carbonyl (C=O) groups is 1. The minimum atomic E-state index is -0.265. The van der Waals surface area contributed by atoms with Crippen molar-refractivity contribution in [1.29, 1.82) is 0 Å². The SMILES string of the molecule is CCCCCC(CCC)OC(=O)C1CCN(c2nccc(-c3ccc(F)cc3)n2)CC1. The number of carbonyl (C=O) groups excluding carboxylic acids is 1. The molecule has 6 heteroatoms. The first-order valence-electron chi connectivity index (χ1n) is 11.6. The summed E-state index contributed by atoms with van der Waals surface area (Å²) in [5.74, 6) is 0.285. The summed E-state index contributed by atoms with van der Waals surface area (Å²) in [6.45, 7) is 5.77. The first-order valence-corrected chi connectivity index (χ1v) is 11.6. The predicted octanol–water partition coefficient (Wildman–Crippen LogP) is 5.79. The Morgan fingerprint density at radius 2 is 1.84 bits per heavy atom. The quantitative estimate of drug-likeness (QED) is 0.355. The van der Waals surface area contributed by atoms with Crippen LogP contribution < -0.4 is 4.90 Å². The molecule has 0 radical (unpaired) electrons. The summed E-state index contributed by atoms with van der Waals surface area (Å²) in [5, 5.41) is 0. The van der Waals surface area contributed by atoms with E-state index >= 15 is 0 Å². The lowest BCUT2D eigenvalue weighted by atomic mass is 9.97. The molecular formula is C25H34FN3O2. The van der Waals surface area contributed by atoms with Crippen molar-refractivity contribution in [3.63, 3.8) is 0 Å². The van der Waals surface area contributed by atoms with Gasteiger partial charge in [0, 0.05) is 24.8 Å². The average molecular weight is 428 g/mol. The van der Waals surface area contributed by atoms with Gasteiger partial charge < -0.3 is 9.64 Å². The second kappa shape index (κ2) is 11.8.